The van der Waals surface area contributed by atoms with Crippen molar-refractivity contribution in [2.75, 3.05) is 13.2 Å². The molecule has 0 aliphatic heterocycles. The van der Waals surface area contributed by atoms with Crippen LogP contribution in [-0.2, 0) is 0 Å². The van der Waals surface area contributed by atoms with Gasteiger partial charge in [-0.05, 0) is 0 Å². The largest absolute Gasteiger partial charge is 0.489 e. The van der Waals surface area contributed by atoms with Crippen LogP contribution in [0.1, 0.15) is 0 Å². The summed E-state index contributed by atoms with van der Waals surface area (Å²) in [5, 5.41) is 0. The normalized spacial score (nSPS) is 9.55. The maximum atomic E-state index is 10.4. The number of hydrogen-bond acceptors (Lipinski definition) is 4. The van der Waals surface area contributed by atoms with Gasteiger partial charge in [-0.15, -0.1) is 0 Å². The van der Waals surface area contributed by atoms with E-state index in [0.717, 1.165) is 0 Å². The van der Waals surface area contributed by atoms with Gasteiger partial charge in [0.1, 0.15) is 6.61 Å². The fourth-order valence-corrected chi connectivity index (χ4v) is 0.585. The molecule has 3 N–H and O–H groups in total. The zero-order chi connectivity index (χ0) is 8.10. The third kappa shape index (κ3) is 2.38. The zero-order valence-electron chi connectivity index (χ0n) is 5.91. The van der Waals surface area contributed by atoms with Gasteiger partial charge in [-0.3, -0.25) is 0 Å². The number of aromatic nitrogens is 2. The first-order valence-corrected chi connectivity index (χ1v) is 3.20. The molecule has 0 aliphatic rings. The highest BCUT2D eigenvalue weighted by Crippen LogP contribution is 2.00. The fraction of sp³-hybridized carbons (Fsp3) is 0.333. The van der Waals surface area contributed by atoms with Crippen LogP contribution >= 0.6 is 0 Å². The van der Waals surface area contributed by atoms with Crippen molar-refractivity contribution in [3.05, 3.63) is 22.9 Å². The summed E-state index contributed by atoms with van der Waals surface area (Å²) in [7, 11) is 0. The standard InChI is InChI=1S/C6H9N3O2/c7-1-2-11-5-3-8-6(10)9-4-5/h3-4H,1-2,7H2,(H,8,9,10). The van der Waals surface area contributed by atoms with Crippen LogP contribution in [0.2, 0.25) is 0 Å². The molecule has 5 nitrogen and oxygen atoms in total. The topological polar surface area (TPSA) is 81.0 Å². The Morgan fingerprint density at radius 1 is 1.73 bits per heavy atom. The highest BCUT2D eigenvalue weighted by Gasteiger charge is 1.90. The molecule has 1 aromatic heterocycles. The maximum Gasteiger partial charge on any atom is 0.345 e. The molecule has 0 aliphatic carbocycles. The van der Waals surface area contributed by atoms with E-state index in [4.69, 9.17) is 10.5 Å². The van der Waals surface area contributed by atoms with Crippen LogP contribution in [0.4, 0.5) is 0 Å². The minimum atomic E-state index is -0.384. The van der Waals surface area contributed by atoms with Crippen molar-refractivity contribution >= 4 is 0 Å². The van der Waals surface area contributed by atoms with Crippen molar-refractivity contribution < 1.29 is 4.74 Å². The Kier molecular flexibility index (Phi) is 2.62. The van der Waals surface area contributed by atoms with E-state index >= 15 is 0 Å². The lowest BCUT2D eigenvalue weighted by molar-refractivity contribution is 0.325. The summed E-state index contributed by atoms with van der Waals surface area (Å²) in [6, 6.07) is 0. The van der Waals surface area contributed by atoms with Gasteiger partial charge in [0, 0.05) is 12.7 Å². The number of nitrogens with one attached hydrogen (secondary N) is 1. The number of aromatic amines is 1. The average Bonchev–Trinajstić information content (AvgIpc) is 2.04. The van der Waals surface area contributed by atoms with E-state index in [9.17, 15) is 4.79 Å². The van der Waals surface area contributed by atoms with Gasteiger partial charge in [0.2, 0.25) is 0 Å². The molecule has 11 heavy (non-hydrogen) atoms. The van der Waals surface area contributed by atoms with Crippen LogP contribution in [0.15, 0.2) is 17.2 Å². The van der Waals surface area contributed by atoms with Crippen molar-refractivity contribution in [1.29, 1.82) is 0 Å². The van der Waals surface area contributed by atoms with Crippen molar-refractivity contribution in [2.45, 2.75) is 0 Å². The Morgan fingerprint density at radius 3 is 3.09 bits per heavy atom. The lowest BCUT2D eigenvalue weighted by Crippen LogP contribution is -2.13. The second kappa shape index (κ2) is 3.72. The second-order valence-corrected chi connectivity index (χ2v) is 1.89. The van der Waals surface area contributed by atoms with Gasteiger partial charge in [0.05, 0.1) is 6.20 Å². The molecule has 0 bridgehead atoms. The van der Waals surface area contributed by atoms with Gasteiger partial charge in [0.25, 0.3) is 0 Å². The van der Waals surface area contributed by atoms with E-state index < -0.39 is 0 Å². The Morgan fingerprint density at radius 2 is 2.55 bits per heavy atom. The van der Waals surface area contributed by atoms with Gasteiger partial charge in [-0.2, -0.15) is 4.98 Å². The van der Waals surface area contributed by atoms with Crippen LogP contribution in [0.3, 0.4) is 0 Å². The third-order valence-corrected chi connectivity index (χ3v) is 1.03. The number of H-pyrrole nitrogens is 1. The molecule has 1 heterocycles. The van der Waals surface area contributed by atoms with Crippen molar-refractivity contribution in [3.63, 3.8) is 0 Å². The monoisotopic (exact) mass is 155 g/mol. The van der Waals surface area contributed by atoms with Gasteiger partial charge >= 0.3 is 5.69 Å². The van der Waals surface area contributed by atoms with E-state index in [1.807, 2.05) is 0 Å². The summed E-state index contributed by atoms with van der Waals surface area (Å²) in [5.41, 5.74) is 4.80. The Labute approximate surface area is 63.2 Å². The number of nitrogens with zero attached hydrogens (tertiary/aromatic N) is 1. The SMILES string of the molecule is NCCOc1cnc(=O)[nH]c1. The molecule has 5 heteroatoms. The molecule has 0 saturated heterocycles. The van der Waals surface area contributed by atoms with E-state index in [1.54, 1.807) is 0 Å². The summed E-state index contributed by atoms with van der Waals surface area (Å²) in [5.74, 6) is 0.523. The maximum absolute atomic E-state index is 10.4. The molecule has 0 spiro atoms. The quantitative estimate of drug-likeness (QED) is 0.593. The number of ether oxygens (including phenoxy) is 1. The summed E-state index contributed by atoms with van der Waals surface area (Å²) in [6.07, 6.45) is 2.81. The van der Waals surface area contributed by atoms with Gasteiger partial charge in [-0.25, -0.2) is 4.79 Å². The lowest BCUT2D eigenvalue weighted by Gasteiger charge is -2.00. The van der Waals surface area contributed by atoms with Gasteiger partial charge in [0.15, 0.2) is 5.75 Å². The molecule has 60 valence electrons. The number of nitrogens with two attached hydrogens (primary N) is 1. The van der Waals surface area contributed by atoms with Crippen LogP contribution in [0.5, 0.6) is 5.75 Å². The first-order chi connectivity index (χ1) is 5.33. The molecular weight excluding hydrogens is 146 g/mol. The molecule has 0 aromatic carbocycles. The number of rotatable bonds is 3. The molecule has 0 atom stereocenters. The summed E-state index contributed by atoms with van der Waals surface area (Å²) >= 11 is 0. The van der Waals surface area contributed by atoms with Gasteiger partial charge in [-0.1, -0.05) is 0 Å². The minimum Gasteiger partial charge on any atom is -0.489 e. The highest BCUT2D eigenvalue weighted by molar-refractivity contribution is 5.09. The molecule has 0 saturated carbocycles. The molecule has 0 amide bonds. The van der Waals surface area contributed by atoms with Crippen LogP contribution in [0.25, 0.3) is 0 Å². The minimum absolute atomic E-state index is 0.384. The molecule has 1 aromatic rings. The summed E-state index contributed by atoms with van der Waals surface area (Å²) in [6.45, 7) is 0.868. The van der Waals surface area contributed by atoms with E-state index in [-0.39, 0.29) is 5.69 Å². The van der Waals surface area contributed by atoms with Crippen LogP contribution in [0, 0.1) is 0 Å². The lowest BCUT2D eigenvalue weighted by atomic mass is 10.6. The predicted octanol–water partition coefficient (Wildman–Crippen LogP) is -0.893. The molecule has 0 unspecified atom stereocenters. The number of hydrogen-bond donors (Lipinski definition) is 2. The molecule has 0 radical (unpaired) electrons. The fourth-order valence-electron chi connectivity index (χ4n) is 0.585. The Bertz CT molecular complexity index is 250. The molecular formula is C6H9N3O2. The smallest absolute Gasteiger partial charge is 0.345 e. The first kappa shape index (κ1) is 7.74. The van der Waals surface area contributed by atoms with Crippen LogP contribution in [-0.4, -0.2) is 23.1 Å². The van der Waals surface area contributed by atoms with E-state index in [1.165, 1.54) is 12.4 Å². The highest BCUT2D eigenvalue weighted by atomic mass is 16.5. The van der Waals surface area contributed by atoms with Crippen molar-refractivity contribution in [3.8, 4) is 5.75 Å². The van der Waals surface area contributed by atoms with Crippen LogP contribution < -0.4 is 16.2 Å². The van der Waals surface area contributed by atoms with Gasteiger partial charge < -0.3 is 15.5 Å². The van der Waals surface area contributed by atoms with Crippen molar-refractivity contribution in [1.82, 2.24) is 9.97 Å². The van der Waals surface area contributed by atoms with E-state index in [0.29, 0.717) is 18.9 Å². The zero-order valence-corrected chi connectivity index (χ0v) is 5.91. The molecule has 0 fully saturated rings. The average molecular weight is 155 g/mol. The Balaban J connectivity index is 2.59. The second-order valence-electron chi connectivity index (χ2n) is 1.89. The molecule has 1 rings (SSSR count). The predicted molar refractivity (Wildman–Crippen MR) is 39.4 cm³/mol. The summed E-state index contributed by atoms with van der Waals surface area (Å²) in [4.78, 5) is 16.3. The third-order valence-electron chi connectivity index (χ3n) is 1.03. The van der Waals surface area contributed by atoms with Crippen molar-refractivity contribution in [2.24, 2.45) is 5.73 Å². The van der Waals surface area contributed by atoms with E-state index in [2.05, 4.69) is 9.97 Å². The Hall–Kier alpha value is -1.36. The summed E-state index contributed by atoms with van der Waals surface area (Å²) < 4.78 is 5.05. The first-order valence-electron chi connectivity index (χ1n) is 3.20.